The topological polar surface area (TPSA) is 27.7 Å². The first kappa shape index (κ1) is 14.3. The first-order chi connectivity index (χ1) is 10.9. The summed E-state index contributed by atoms with van der Waals surface area (Å²) in [5.41, 5.74) is 2.25. The van der Waals surface area contributed by atoms with Gasteiger partial charge in [-0.05, 0) is 18.1 Å². The Morgan fingerprint density at radius 1 is 1.09 bits per heavy atom. The lowest BCUT2D eigenvalue weighted by atomic mass is 10.1. The Labute approximate surface area is 130 Å². The second-order valence-electron chi connectivity index (χ2n) is 4.93. The van der Waals surface area contributed by atoms with Crippen LogP contribution in [0, 0.1) is 0 Å². The van der Waals surface area contributed by atoms with Gasteiger partial charge < -0.3 is 14.2 Å². The third kappa shape index (κ3) is 3.31. The Kier molecular flexibility index (Phi) is 4.44. The van der Waals surface area contributed by atoms with Crippen LogP contribution in [0.3, 0.4) is 0 Å². The molecule has 2 aromatic carbocycles. The van der Waals surface area contributed by atoms with Gasteiger partial charge in [0.2, 0.25) is 6.79 Å². The summed E-state index contributed by atoms with van der Waals surface area (Å²) >= 11 is 0. The van der Waals surface area contributed by atoms with E-state index >= 15 is 0 Å². The largest absolute Gasteiger partial charge is 0.489 e. The molecule has 0 bridgehead atoms. The molecule has 0 unspecified atom stereocenters. The minimum Gasteiger partial charge on any atom is -0.489 e. The minimum absolute atomic E-state index is 0.263. The van der Waals surface area contributed by atoms with E-state index in [1.807, 2.05) is 30.3 Å². The zero-order valence-electron chi connectivity index (χ0n) is 12.3. The normalized spacial score (nSPS) is 12.5. The van der Waals surface area contributed by atoms with Crippen molar-refractivity contribution in [3.63, 3.8) is 0 Å². The summed E-state index contributed by atoms with van der Waals surface area (Å²) in [6, 6.07) is 14.1. The number of hydrogen-bond acceptors (Lipinski definition) is 3. The Hall–Kier alpha value is -2.68. The average Bonchev–Trinajstić information content (AvgIpc) is 3.01. The molecule has 1 heterocycles. The number of benzene rings is 2. The lowest BCUT2D eigenvalue weighted by Crippen LogP contribution is -1.97. The first-order valence-corrected chi connectivity index (χ1v) is 7.24. The molecule has 2 aromatic rings. The maximum absolute atomic E-state index is 5.73. The molecule has 0 saturated heterocycles. The molecule has 3 nitrogen and oxygen atoms in total. The Bertz CT molecular complexity index is 675. The SMILES string of the molecule is C=CCOc1cc2c(cc1CC=Cc1ccccc1)OCO2. The van der Waals surface area contributed by atoms with Crippen LogP contribution < -0.4 is 14.2 Å². The fourth-order valence-electron chi connectivity index (χ4n) is 2.29. The van der Waals surface area contributed by atoms with E-state index in [1.165, 1.54) is 5.56 Å². The van der Waals surface area contributed by atoms with Gasteiger partial charge in [0.05, 0.1) is 0 Å². The summed E-state index contributed by atoms with van der Waals surface area (Å²) in [7, 11) is 0. The van der Waals surface area contributed by atoms with Crippen molar-refractivity contribution in [2.75, 3.05) is 13.4 Å². The van der Waals surface area contributed by atoms with Gasteiger partial charge in [-0.15, -0.1) is 0 Å². The van der Waals surface area contributed by atoms with E-state index in [4.69, 9.17) is 14.2 Å². The van der Waals surface area contributed by atoms with Gasteiger partial charge >= 0.3 is 0 Å². The van der Waals surface area contributed by atoms with Gasteiger partial charge in [-0.3, -0.25) is 0 Å². The van der Waals surface area contributed by atoms with Crippen molar-refractivity contribution in [1.82, 2.24) is 0 Å². The van der Waals surface area contributed by atoms with E-state index in [0.29, 0.717) is 6.61 Å². The van der Waals surface area contributed by atoms with Crippen LogP contribution in [0.5, 0.6) is 17.2 Å². The molecule has 0 atom stereocenters. The standard InChI is InChI=1S/C19H18O3/c1-2-11-20-17-13-19-18(21-14-22-19)12-16(17)10-6-9-15-7-4-3-5-8-15/h2-9,12-13H,1,10-11,14H2. The number of hydrogen-bond donors (Lipinski definition) is 0. The van der Waals surface area contributed by atoms with Crippen molar-refractivity contribution in [3.8, 4) is 17.2 Å². The van der Waals surface area contributed by atoms with Crippen molar-refractivity contribution in [3.05, 3.63) is 72.3 Å². The summed E-state index contributed by atoms with van der Waals surface area (Å²) in [5.74, 6) is 2.31. The van der Waals surface area contributed by atoms with Crippen molar-refractivity contribution in [2.24, 2.45) is 0 Å². The summed E-state index contributed by atoms with van der Waals surface area (Å²) in [5, 5.41) is 0. The van der Waals surface area contributed by atoms with Crippen molar-refractivity contribution >= 4 is 6.08 Å². The van der Waals surface area contributed by atoms with E-state index < -0.39 is 0 Å². The van der Waals surface area contributed by atoms with E-state index in [2.05, 4.69) is 30.9 Å². The van der Waals surface area contributed by atoms with Gasteiger partial charge in [0.25, 0.3) is 0 Å². The summed E-state index contributed by atoms with van der Waals surface area (Å²) < 4.78 is 16.6. The molecular weight excluding hydrogens is 276 g/mol. The molecule has 3 heteroatoms. The van der Waals surface area contributed by atoms with Gasteiger partial charge in [0, 0.05) is 11.6 Å². The molecule has 0 spiro atoms. The van der Waals surface area contributed by atoms with Crippen LogP contribution in [0.1, 0.15) is 11.1 Å². The van der Waals surface area contributed by atoms with Crippen LogP contribution in [0.2, 0.25) is 0 Å². The molecule has 22 heavy (non-hydrogen) atoms. The predicted octanol–water partition coefficient (Wildman–Crippen LogP) is 4.24. The second kappa shape index (κ2) is 6.85. The maximum Gasteiger partial charge on any atom is 0.231 e. The second-order valence-corrected chi connectivity index (χ2v) is 4.93. The quantitative estimate of drug-likeness (QED) is 0.746. The number of rotatable bonds is 6. The Morgan fingerprint density at radius 2 is 1.86 bits per heavy atom. The van der Waals surface area contributed by atoms with Crippen molar-refractivity contribution in [2.45, 2.75) is 6.42 Å². The van der Waals surface area contributed by atoms with Gasteiger partial charge in [-0.25, -0.2) is 0 Å². The van der Waals surface area contributed by atoms with Crippen LogP contribution in [0.4, 0.5) is 0 Å². The maximum atomic E-state index is 5.73. The Balaban J connectivity index is 1.79. The number of fused-ring (bicyclic) bond motifs is 1. The predicted molar refractivity (Wildman–Crippen MR) is 87.4 cm³/mol. The molecule has 0 aromatic heterocycles. The highest BCUT2D eigenvalue weighted by Gasteiger charge is 2.17. The molecule has 3 rings (SSSR count). The van der Waals surface area contributed by atoms with Crippen molar-refractivity contribution in [1.29, 1.82) is 0 Å². The zero-order chi connectivity index (χ0) is 15.2. The number of allylic oxidation sites excluding steroid dienone is 1. The molecule has 0 N–H and O–H groups in total. The monoisotopic (exact) mass is 294 g/mol. The molecular formula is C19H18O3. The lowest BCUT2D eigenvalue weighted by molar-refractivity contribution is 0.174. The first-order valence-electron chi connectivity index (χ1n) is 7.24. The molecule has 0 radical (unpaired) electrons. The van der Waals surface area contributed by atoms with Crippen molar-refractivity contribution < 1.29 is 14.2 Å². The highest BCUT2D eigenvalue weighted by molar-refractivity contribution is 5.54. The van der Waals surface area contributed by atoms with E-state index in [9.17, 15) is 0 Å². The third-order valence-corrected chi connectivity index (χ3v) is 3.36. The molecule has 112 valence electrons. The number of ether oxygens (including phenoxy) is 3. The van der Waals surface area contributed by atoms with Crippen LogP contribution in [-0.2, 0) is 6.42 Å². The molecule has 1 aliphatic rings. The highest BCUT2D eigenvalue weighted by atomic mass is 16.7. The summed E-state index contributed by atoms with van der Waals surface area (Å²) in [4.78, 5) is 0. The van der Waals surface area contributed by atoms with Gasteiger partial charge in [0.15, 0.2) is 11.5 Å². The molecule has 1 aliphatic heterocycles. The highest BCUT2D eigenvalue weighted by Crippen LogP contribution is 2.38. The van der Waals surface area contributed by atoms with E-state index in [1.54, 1.807) is 6.08 Å². The minimum atomic E-state index is 0.263. The fraction of sp³-hybridized carbons (Fsp3) is 0.158. The van der Waals surface area contributed by atoms with Crippen LogP contribution in [-0.4, -0.2) is 13.4 Å². The summed E-state index contributed by atoms with van der Waals surface area (Å²) in [6.07, 6.45) is 6.71. The Morgan fingerprint density at radius 3 is 2.64 bits per heavy atom. The molecule has 0 fully saturated rings. The smallest absolute Gasteiger partial charge is 0.231 e. The third-order valence-electron chi connectivity index (χ3n) is 3.36. The fourth-order valence-corrected chi connectivity index (χ4v) is 2.29. The van der Waals surface area contributed by atoms with Crippen LogP contribution in [0.25, 0.3) is 6.08 Å². The van der Waals surface area contributed by atoms with Gasteiger partial charge in [-0.2, -0.15) is 0 Å². The van der Waals surface area contributed by atoms with E-state index in [0.717, 1.165) is 29.2 Å². The average molecular weight is 294 g/mol. The molecule has 0 aliphatic carbocycles. The zero-order valence-corrected chi connectivity index (χ0v) is 12.3. The van der Waals surface area contributed by atoms with Crippen LogP contribution in [0.15, 0.2) is 61.2 Å². The van der Waals surface area contributed by atoms with Gasteiger partial charge in [-0.1, -0.05) is 55.1 Å². The van der Waals surface area contributed by atoms with E-state index in [-0.39, 0.29) is 6.79 Å². The molecule has 0 amide bonds. The lowest BCUT2D eigenvalue weighted by Gasteiger charge is -2.10. The van der Waals surface area contributed by atoms with Crippen LogP contribution >= 0.6 is 0 Å². The van der Waals surface area contributed by atoms with Gasteiger partial charge in [0.1, 0.15) is 12.4 Å². The molecule has 0 saturated carbocycles. The summed E-state index contributed by atoms with van der Waals surface area (Å²) in [6.45, 7) is 4.42.